The van der Waals surface area contributed by atoms with Gasteiger partial charge < -0.3 is 5.32 Å². The zero-order chi connectivity index (χ0) is 20.3. The van der Waals surface area contributed by atoms with E-state index in [9.17, 15) is 18.0 Å². The molecule has 0 saturated heterocycles. The number of aromatic nitrogens is 4. The molecule has 0 fully saturated rings. The molecule has 1 atom stereocenters. The first-order valence-corrected chi connectivity index (χ1v) is 9.13. The number of hydrogen-bond acceptors (Lipinski definition) is 5. The number of hydrogen-bond donors (Lipinski definition) is 1. The lowest BCUT2D eigenvalue weighted by Crippen LogP contribution is -2.23. The molecule has 146 valence electrons. The maximum atomic E-state index is 12.6. The van der Waals surface area contributed by atoms with Gasteiger partial charge in [0.15, 0.2) is 0 Å². The minimum atomic E-state index is -4.42. The van der Waals surface area contributed by atoms with Crippen LogP contribution < -0.4 is 5.32 Å². The van der Waals surface area contributed by atoms with Gasteiger partial charge in [-0.15, -0.1) is 5.10 Å². The first-order chi connectivity index (χ1) is 13.3. The van der Waals surface area contributed by atoms with Crippen molar-refractivity contribution in [1.82, 2.24) is 20.2 Å². The monoisotopic (exact) mass is 407 g/mol. The van der Waals surface area contributed by atoms with Gasteiger partial charge in [0.05, 0.1) is 16.5 Å². The van der Waals surface area contributed by atoms with Gasteiger partial charge in [-0.3, -0.25) is 4.79 Å². The molecule has 0 spiro atoms. The van der Waals surface area contributed by atoms with Crippen LogP contribution in [0.3, 0.4) is 0 Å². The number of benzene rings is 2. The number of amides is 1. The van der Waals surface area contributed by atoms with Crippen molar-refractivity contribution < 1.29 is 18.0 Å². The summed E-state index contributed by atoms with van der Waals surface area (Å²) in [6, 6.07) is 11.8. The lowest BCUT2D eigenvalue weighted by Gasteiger charge is -2.13. The minimum absolute atomic E-state index is 0.281. The third-order valence-corrected chi connectivity index (χ3v) is 4.95. The molecule has 2 aromatic carbocycles. The molecule has 0 unspecified atom stereocenters. The molecule has 0 aliphatic heterocycles. The van der Waals surface area contributed by atoms with Crippen molar-refractivity contribution in [3.63, 3.8) is 0 Å². The fraction of sp³-hybridized carbons (Fsp3) is 0.222. The van der Waals surface area contributed by atoms with Crippen molar-refractivity contribution >= 4 is 23.4 Å². The van der Waals surface area contributed by atoms with Gasteiger partial charge in [-0.2, -0.15) is 17.9 Å². The second kappa shape index (κ2) is 8.01. The van der Waals surface area contributed by atoms with Gasteiger partial charge in [-0.25, -0.2) is 0 Å². The lowest BCUT2D eigenvalue weighted by atomic mass is 10.2. The summed E-state index contributed by atoms with van der Waals surface area (Å²) in [5.74, 6) is -0.371. The highest BCUT2D eigenvalue weighted by molar-refractivity contribution is 8.00. The van der Waals surface area contributed by atoms with Crippen molar-refractivity contribution in [3.05, 3.63) is 59.7 Å². The second-order valence-electron chi connectivity index (χ2n) is 5.98. The standard InChI is InChI=1S/C18H16F3N5OS/c1-11-5-3-4-6-15(11)26-17(23-24-25-26)28-12(2)16(27)22-14-9-7-13(8-10-14)18(19,20)21/h3-10,12H,1-2H3,(H,22,27)/t12-/m1/s1. The predicted molar refractivity (Wildman–Crippen MR) is 99.3 cm³/mol. The van der Waals surface area contributed by atoms with Crippen LogP contribution in [-0.2, 0) is 11.0 Å². The molecule has 6 nitrogen and oxygen atoms in total. The number of para-hydroxylation sites is 1. The fourth-order valence-electron chi connectivity index (χ4n) is 2.40. The zero-order valence-corrected chi connectivity index (χ0v) is 15.8. The summed E-state index contributed by atoms with van der Waals surface area (Å²) in [6.45, 7) is 3.59. The molecular weight excluding hydrogens is 391 g/mol. The Labute approximate surface area is 163 Å². The molecular formula is C18H16F3N5OS. The smallest absolute Gasteiger partial charge is 0.325 e. The molecule has 28 heavy (non-hydrogen) atoms. The second-order valence-corrected chi connectivity index (χ2v) is 7.29. The van der Waals surface area contributed by atoms with Crippen LogP contribution in [0.15, 0.2) is 53.7 Å². The Morgan fingerprint density at radius 1 is 1.14 bits per heavy atom. The van der Waals surface area contributed by atoms with Crippen LogP contribution in [0.1, 0.15) is 18.1 Å². The SMILES string of the molecule is Cc1ccccc1-n1nnnc1S[C@H](C)C(=O)Nc1ccc(C(F)(F)F)cc1. The van der Waals surface area contributed by atoms with Crippen molar-refractivity contribution in [1.29, 1.82) is 0 Å². The van der Waals surface area contributed by atoms with Crippen LogP contribution in [-0.4, -0.2) is 31.4 Å². The van der Waals surface area contributed by atoms with Gasteiger partial charge in [0.25, 0.3) is 0 Å². The molecule has 0 radical (unpaired) electrons. The number of anilines is 1. The Hall–Kier alpha value is -2.88. The number of nitrogens with one attached hydrogen (secondary N) is 1. The van der Waals surface area contributed by atoms with E-state index >= 15 is 0 Å². The van der Waals surface area contributed by atoms with E-state index in [0.717, 1.165) is 35.1 Å². The topological polar surface area (TPSA) is 72.7 Å². The van der Waals surface area contributed by atoms with Crippen molar-refractivity contribution in [2.75, 3.05) is 5.32 Å². The molecule has 1 N–H and O–H groups in total. The number of aryl methyl sites for hydroxylation is 1. The first-order valence-electron chi connectivity index (χ1n) is 8.25. The molecule has 3 aromatic rings. The molecule has 0 bridgehead atoms. The van der Waals surface area contributed by atoms with E-state index in [-0.39, 0.29) is 11.6 Å². The van der Waals surface area contributed by atoms with E-state index in [1.807, 2.05) is 31.2 Å². The molecule has 1 heterocycles. The molecule has 1 aromatic heterocycles. The predicted octanol–water partition coefficient (Wildman–Crippen LogP) is 4.11. The highest BCUT2D eigenvalue weighted by atomic mass is 32.2. The number of nitrogens with zero attached hydrogens (tertiary/aromatic N) is 4. The molecule has 0 aliphatic carbocycles. The number of thioether (sulfide) groups is 1. The van der Waals surface area contributed by atoms with Crippen molar-refractivity contribution in [2.45, 2.75) is 30.4 Å². The van der Waals surface area contributed by atoms with Crippen molar-refractivity contribution in [2.24, 2.45) is 0 Å². The third-order valence-electron chi connectivity index (χ3n) is 3.92. The molecule has 3 rings (SSSR count). The number of rotatable bonds is 5. The van der Waals surface area contributed by atoms with Gasteiger partial charge in [0, 0.05) is 5.69 Å². The Bertz CT molecular complexity index is 972. The van der Waals surface area contributed by atoms with E-state index in [0.29, 0.717) is 5.16 Å². The van der Waals surface area contributed by atoms with Gasteiger partial charge >= 0.3 is 6.18 Å². The number of tetrazole rings is 1. The van der Waals surface area contributed by atoms with Crippen molar-refractivity contribution in [3.8, 4) is 5.69 Å². The normalized spacial score (nSPS) is 12.6. The highest BCUT2D eigenvalue weighted by Crippen LogP contribution is 2.30. The zero-order valence-electron chi connectivity index (χ0n) is 14.9. The summed E-state index contributed by atoms with van der Waals surface area (Å²) >= 11 is 1.15. The third kappa shape index (κ3) is 4.50. The number of alkyl halides is 3. The summed E-state index contributed by atoms with van der Waals surface area (Å²) < 4.78 is 39.4. The van der Waals surface area contributed by atoms with E-state index in [1.165, 1.54) is 12.1 Å². The van der Waals surface area contributed by atoms with Gasteiger partial charge in [-0.1, -0.05) is 30.0 Å². The number of carbonyl (C=O) groups excluding carboxylic acids is 1. The average molecular weight is 407 g/mol. The maximum absolute atomic E-state index is 12.6. The van der Waals surface area contributed by atoms with Gasteiger partial charge in [0.2, 0.25) is 11.1 Å². The number of carbonyl (C=O) groups is 1. The summed E-state index contributed by atoms with van der Waals surface area (Å²) in [7, 11) is 0. The fourth-order valence-corrected chi connectivity index (χ4v) is 3.20. The Kier molecular flexibility index (Phi) is 5.68. The maximum Gasteiger partial charge on any atom is 0.416 e. The summed E-state index contributed by atoms with van der Waals surface area (Å²) in [6.07, 6.45) is -4.42. The molecule has 10 heteroatoms. The van der Waals surface area contributed by atoms with Crippen LogP contribution in [0.25, 0.3) is 5.69 Å². The summed E-state index contributed by atoms with van der Waals surface area (Å²) in [4.78, 5) is 12.4. The Balaban J connectivity index is 1.69. The highest BCUT2D eigenvalue weighted by Gasteiger charge is 2.30. The Morgan fingerprint density at radius 3 is 2.46 bits per heavy atom. The van der Waals surface area contributed by atoms with Crippen LogP contribution in [0, 0.1) is 6.92 Å². The lowest BCUT2D eigenvalue weighted by molar-refractivity contribution is -0.137. The van der Waals surface area contributed by atoms with E-state index in [1.54, 1.807) is 11.6 Å². The first kappa shape index (κ1) is 19.9. The molecule has 0 aliphatic rings. The van der Waals surface area contributed by atoms with Gasteiger partial charge in [0.1, 0.15) is 0 Å². The minimum Gasteiger partial charge on any atom is -0.325 e. The van der Waals surface area contributed by atoms with E-state index in [2.05, 4.69) is 20.8 Å². The largest absolute Gasteiger partial charge is 0.416 e. The molecule has 0 saturated carbocycles. The van der Waals surface area contributed by atoms with Crippen LogP contribution in [0.2, 0.25) is 0 Å². The van der Waals surface area contributed by atoms with E-state index in [4.69, 9.17) is 0 Å². The Morgan fingerprint density at radius 2 is 1.82 bits per heavy atom. The quantitative estimate of drug-likeness (QED) is 0.645. The summed E-state index contributed by atoms with van der Waals surface area (Å²) in [5, 5.41) is 14.1. The summed E-state index contributed by atoms with van der Waals surface area (Å²) in [5.41, 5.74) is 1.28. The van der Waals surface area contributed by atoms with Gasteiger partial charge in [-0.05, 0) is 60.2 Å². The van der Waals surface area contributed by atoms with Crippen LogP contribution in [0.5, 0.6) is 0 Å². The van der Waals surface area contributed by atoms with E-state index < -0.39 is 17.0 Å². The van der Waals surface area contributed by atoms with Crippen LogP contribution in [0.4, 0.5) is 18.9 Å². The van der Waals surface area contributed by atoms with Crippen LogP contribution >= 0.6 is 11.8 Å². The molecule has 1 amide bonds. The average Bonchev–Trinajstić information content (AvgIpc) is 3.09. The number of halogens is 3.